The summed E-state index contributed by atoms with van der Waals surface area (Å²) in [6, 6.07) is 15.8. The molecule has 0 aliphatic heterocycles. The van der Waals surface area contributed by atoms with Gasteiger partial charge in [-0.2, -0.15) is 9.61 Å². The predicted octanol–water partition coefficient (Wildman–Crippen LogP) is 5.07. The number of rotatable bonds is 6. The fraction of sp³-hybridized carbons (Fsp3) is 0.208. The number of carbonyl (C=O) groups is 1. The van der Waals surface area contributed by atoms with Crippen molar-refractivity contribution in [1.82, 2.24) is 25.1 Å². The molecule has 0 aliphatic rings. The molecule has 0 saturated heterocycles. The maximum absolute atomic E-state index is 12.2. The van der Waals surface area contributed by atoms with Gasteiger partial charge in [-0.3, -0.25) is 10.1 Å². The number of aromatic nitrogens is 4. The summed E-state index contributed by atoms with van der Waals surface area (Å²) in [6.45, 7) is 6.32. The lowest BCUT2D eigenvalue weighted by atomic mass is 10.0. The van der Waals surface area contributed by atoms with Crippen LogP contribution in [-0.4, -0.2) is 30.8 Å². The maximum atomic E-state index is 12.2. The number of amides is 1. The summed E-state index contributed by atoms with van der Waals surface area (Å²) >= 11 is 6.76. The van der Waals surface area contributed by atoms with Gasteiger partial charge >= 0.3 is 0 Å². The van der Waals surface area contributed by atoms with Gasteiger partial charge in [0.15, 0.2) is 10.9 Å². The van der Waals surface area contributed by atoms with Gasteiger partial charge in [0.05, 0.1) is 0 Å². The van der Waals surface area contributed by atoms with Crippen molar-refractivity contribution in [3.63, 3.8) is 0 Å². The SMILES string of the molecule is CCc1nnc2sc(-c3ccc(NC(=S)NC(=O)C=Cc4ccc(C(C)C)cc4)cc3)nn12. The zero-order valence-electron chi connectivity index (χ0n) is 18.6. The number of hydrogen-bond acceptors (Lipinski definition) is 6. The Morgan fingerprint density at radius 2 is 1.85 bits per heavy atom. The number of aryl methyl sites for hydroxylation is 1. The number of nitrogens with zero attached hydrogens (tertiary/aromatic N) is 4. The molecule has 2 heterocycles. The summed E-state index contributed by atoms with van der Waals surface area (Å²) in [5.74, 6) is 1.03. The summed E-state index contributed by atoms with van der Waals surface area (Å²) in [7, 11) is 0. The molecule has 33 heavy (non-hydrogen) atoms. The zero-order chi connectivity index (χ0) is 23.4. The average Bonchev–Trinajstić information content (AvgIpc) is 3.39. The van der Waals surface area contributed by atoms with Crippen molar-refractivity contribution < 1.29 is 4.79 Å². The molecule has 0 spiro atoms. The smallest absolute Gasteiger partial charge is 0.250 e. The van der Waals surface area contributed by atoms with Gasteiger partial charge in [-0.25, -0.2) is 0 Å². The quantitative estimate of drug-likeness (QED) is 0.299. The molecule has 0 fully saturated rings. The maximum Gasteiger partial charge on any atom is 0.250 e. The lowest BCUT2D eigenvalue weighted by Gasteiger charge is -2.08. The predicted molar refractivity (Wildman–Crippen MR) is 137 cm³/mol. The van der Waals surface area contributed by atoms with E-state index in [1.165, 1.54) is 23.0 Å². The second kappa shape index (κ2) is 10.0. The van der Waals surface area contributed by atoms with E-state index in [0.29, 0.717) is 5.92 Å². The summed E-state index contributed by atoms with van der Waals surface area (Å²) in [5, 5.41) is 19.7. The minimum absolute atomic E-state index is 0.235. The Kier molecular flexibility index (Phi) is 6.90. The summed E-state index contributed by atoms with van der Waals surface area (Å²) in [6.07, 6.45) is 4.01. The summed E-state index contributed by atoms with van der Waals surface area (Å²) in [5.41, 5.74) is 3.97. The van der Waals surface area contributed by atoms with Crippen LogP contribution in [0.25, 0.3) is 21.6 Å². The molecular weight excluding hydrogens is 452 g/mol. The molecule has 0 bridgehead atoms. The van der Waals surface area contributed by atoms with E-state index in [2.05, 4.69) is 51.9 Å². The molecule has 0 saturated carbocycles. The number of carbonyl (C=O) groups excluding carboxylic acids is 1. The third-order valence-corrected chi connectivity index (χ3v) is 6.18. The van der Waals surface area contributed by atoms with E-state index < -0.39 is 0 Å². The first-order valence-electron chi connectivity index (χ1n) is 10.6. The molecule has 4 rings (SSSR count). The molecule has 0 aliphatic carbocycles. The highest BCUT2D eigenvalue weighted by molar-refractivity contribution is 7.80. The Balaban J connectivity index is 1.33. The van der Waals surface area contributed by atoms with E-state index in [1.807, 2.05) is 43.3 Å². The summed E-state index contributed by atoms with van der Waals surface area (Å²) in [4.78, 5) is 13.0. The highest BCUT2D eigenvalue weighted by Gasteiger charge is 2.12. The Morgan fingerprint density at radius 1 is 1.12 bits per heavy atom. The molecule has 2 aromatic heterocycles. The highest BCUT2D eigenvalue weighted by atomic mass is 32.1. The van der Waals surface area contributed by atoms with Crippen LogP contribution in [0.5, 0.6) is 0 Å². The highest BCUT2D eigenvalue weighted by Crippen LogP contribution is 2.26. The topological polar surface area (TPSA) is 84.2 Å². The average molecular weight is 477 g/mol. The monoisotopic (exact) mass is 476 g/mol. The number of nitrogens with one attached hydrogen (secondary N) is 2. The van der Waals surface area contributed by atoms with Crippen LogP contribution in [0.4, 0.5) is 5.69 Å². The van der Waals surface area contributed by atoms with Crippen LogP contribution in [0.1, 0.15) is 43.6 Å². The molecule has 9 heteroatoms. The molecule has 0 unspecified atom stereocenters. The number of hydrogen-bond donors (Lipinski definition) is 2. The molecule has 1 amide bonds. The van der Waals surface area contributed by atoms with Gasteiger partial charge in [-0.1, -0.05) is 56.4 Å². The Bertz CT molecular complexity index is 1300. The van der Waals surface area contributed by atoms with Crippen LogP contribution in [0.15, 0.2) is 54.6 Å². The standard InChI is InChI=1S/C24H24N6OS2/c1-4-20-27-28-24-30(20)29-22(33-24)18-10-12-19(13-11-18)25-23(32)26-21(31)14-7-16-5-8-17(9-6-16)15(2)3/h5-15H,4H2,1-3H3,(H2,25,26,31,32). The van der Waals surface area contributed by atoms with E-state index in [-0.39, 0.29) is 11.0 Å². The van der Waals surface area contributed by atoms with Gasteiger partial charge in [0.2, 0.25) is 10.9 Å². The van der Waals surface area contributed by atoms with Crippen molar-refractivity contribution in [3.8, 4) is 10.6 Å². The van der Waals surface area contributed by atoms with E-state index >= 15 is 0 Å². The summed E-state index contributed by atoms with van der Waals surface area (Å²) < 4.78 is 1.78. The van der Waals surface area contributed by atoms with Gasteiger partial charge in [-0.05, 0) is 59.6 Å². The first-order valence-corrected chi connectivity index (χ1v) is 11.9. The van der Waals surface area contributed by atoms with E-state index in [0.717, 1.165) is 39.0 Å². The van der Waals surface area contributed by atoms with Gasteiger partial charge in [0.1, 0.15) is 5.01 Å². The van der Waals surface area contributed by atoms with Crippen molar-refractivity contribution in [3.05, 3.63) is 71.6 Å². The van der Waals surface area contributed by atoms with Crippen molar-refractivity contribution in [2.24, 2.45) is 0 Å². The Hall–Kier alpha value is -3.43. The number of anilines is 1. The van der Waals surface area contributed by atoms with Crippen molar-refractivity contribution in [1.29, 1.82) is 0 Å². The van der Waals surface area contributed by atoms with Crippen LogP contribution in [0, 0.1) is 0 Å². The first kappa shape index (κ1) is 22.8. The lowest BCUT2D eigenvalue weighted by Crippen LogP contribution is -2.32. The third kappa shape index (κ3) is 5.50. The van der Waals surface area contributed by atoms with Gasteiger partial charge in [0.25, 0.3) is 0 Å². The van der Waals surface area contributed by atoms with Gasteiger partial charge in [-0.15, -0.1) is 10.2 Å². The van der Waals surface area contributed by atoms with Crippen molar-refractivity contribution in [2.75, 3.05) is 5.32 Å². The minimum Gasteiger partial charge on any atom is -0.332 e. The number of fused-ring (bicyclic) bond motifs is 1. The van der Waals surface area contributed by atoms with E-state index in [9.17, 15) is 4.79 Å². The Morgan fingerprint density at radius 3 is 2.52 bits per heavy atom. The molecule has 4 aromatic rings. The molecule has 7 nitrogen and oxygen atoms in total. The van der Waals surface area contributed by atoms with Gasteiger partial charge in [0, 0.05) is 23.7 Å². The largest absolute Gasteiger partial charge is 0.332 e. The number of thiocarbonyl (C=S) groups is 1. The minimum atomic E-state index is -0.288. The van der Waals surface area contributed by atoms with Crippen LogP contribution in [0.3, 0.4) is 0 Å². The Labute approximate surface area is 201 Å². The molecule has 168 valence electrons. The van der Waals surface area contributed by atoms with Crippen LogP contribution in [-0.2, 0) is 11.2 Å². The molecular formula is C24H24N6OS2. The van der Waals surface area contributed by atoms with Crippen molar-refractivity contribution in [2.45, 2.75) is 33.1 Å². The second-order valence-corrected chi connectivity index (χ2v) is 9.11. The number of benzene rings is 2. The fourth-order valence-electron chi connectivity index (χ4n) is 3.17. The fourth-order valence-corrected chi connectivity index (χ4v) is 4.25. The molecule has 0 radical (unpaired) electrons. The third-order valence-electron chi connectivity index (χ3n) is 5.03. The van der Waals surface area contributed by atoms with Crippen LogP contribution >= 0.6 is 23.6 Å². The molecule has 2 N–H and O–H groups in total. The van der Waals surface area contributed by atoms with Gasteiger partial charge < -0.3 is 5.32 Å². The normalized spacial score (nSPS) is 11.4. The molecule has 0 atom stereocenters. The van der Waals surface area contributed by atoms with Crippen LogP contribution in [0.2, 0.25) is 0 Å². The molecule has 2 aromatic carbocycles. The van der Waals surface area contributed by atoms with Crippen LogP contribution < -0.4 is 10.6 Å². The second-order valence-electron chi connectivity index (χ2n) is 7.75. The van der Waals surface area contributed by atoms with E-state index in [4.69, 9.17) is 12.2 Å². The van der Waals surface area contributed by atoms with E-state index in [1.54, 1.807) is 10.6 Å². The lowest BCUT2D eigenvalue weighted by molar-refractivity contribution is -0.115. The van der Waals surface area contributed by atoms with Crippen molar-refractivity contribution >= 4 is 51.3 Å². The first-order chi connectivity index (χ1) is 15.9. The zero-order valence-corrected chi connectivity index (χ0v) is 20.2.